The average Bonchev–Trinajstić information content (AvgIpc) is 2.38. The monoisotopic (exact) mass is 306 g/mol. The number of nitrogens with zero attached hydrogens (tertiary/aromatic N) is 1. The molecule has 4 heteroatoms. The molecule has 2 aromatic rings. The fourth-order valence-corrected chi connectivity index (χ4v) is 1.87. The van der Waals surface area contributed by atoms with Gasteiger partial charge in [-0.1, -0.05) is 34.1 Å². The summed E-state index contributed by atoms with van der Waals surface area (Å²) >= 11 is 3.40. The molecule has 0 radical (unpaired) electrons. The van der Waals surface area contributed by atoms with Crippen molar-refractivity contribution in [2.45, 2.75) is 19.6 Å². The topological polar surface area (TPSA) is 48.1 Å². The largest absolute Gasteiger partial charge is 0.473 e. The summed E-state index contributed by atoms with van der Waals surface area (Å²) in [7, 11) is 0. The highest BCUT2D eigenvalue weighted by Gasteiger charge is 2.08. The van der Waals surface area contributed by atoms with E-state index < -0.39 is 0 Å². The average molecular weight is 307 g/mol. The molecule has 0 bridgehead atoms. The summed E-state index contributed by atoms with van der Waals surface area (Å²) in [5, 5.41) is 0. The number of ether oxygens (including phenoxy) is 1. The molecule has 0 saturated heterocycles. The summed E-state index contributed by atoms with van der Waals surface area (Å²) in [6.45, 7) is 2.41. The van der Waals surface area contributed by atoms with Crippen LogP contribution in [0.1, 0.15) is 24.1 Å². The molecule has 94 valence electrons. The van der Waals surface area contributed by atoms with Gasteiger partial charge in [0.1, 0.15) is 6.61 Å². The smallest absolute Gasteiger partial charge is 0.218 e. The van der Waals surface area contributed by atoms with E-state index in [1.54, 1.807) is 6.20 Å². The second-order valence-electron chi connectivity index (χ2n) is 4.10. The van der Waals surface area contributed by atoms with Crippen molar-refractivity contribution in [2.75, 3.05) is 0 Å². The molecule has 2 rings (SSSR count). The summed E-state index contributed by atoms with van der Waals surface area (Å²) < 4.78 is 6.77. The predicted octanol–water partition coefficient (Wildman–Crippen LogP) is 3.44. The highest BCUT2D eigenvalue weighted by atomic mass is 79.9. The number of aromatic nitrogens is 1. The van der Waals surface area contributed by atoms with Crippen LogP contribution in [0, 0.1) is 0 Å². The molecular formula is C14H15BrN2O. The van der Waals surface area contributed by atoms with Crippen LogP contribution in [0.2, 0.25) is 0 Å². The van der Waals surface area contributed by atoms with Crippen molar-refractivity contribution in [1.82, 2.24) is 4.98 Å². The van der Waals surface area contributed by atoms with Crippen LogP contribution in [0.3, 0.4) is 0 Å². The number of nitrogens with two attached hydrogens (primary N) is 1. The van der Waals surface area contributed by atoms with Crippen molar-refractivity contribution in [3.8, 4) is 5.88 Å². The number of pyridine rings is 1. The van der Waals surface area contributed by atoms with E-state index in [0.29, 0.717) is 12.5 Å². The zero-order chi connectivity index (χ0) is 13.0. The Balaban J connectivity index is 2.08. The van der Waals surface area contributed by atoms with Gasteiger partial charge >= 0.3 is 0 Å². The molecule has 2 N–H and O–H groups in total. The summed E-state index contributed by atoms with van der Waals surface area (Å²) in [5.74, 6) is 0.607. The van der Waals surface area contributed by atoms with Gasteiger partial charge < -0.3 is 10.5 Å². The third-order valence-electron chi connectivity index (χ3n) is 2.58. The number of benzene rings is 1. The highest BCUT2D eigenvalue weighted by Crippen LogP contribution is 2.21. The maximum absolute atomic E-state index is 5.88. The van der Waals surface area contributed by atoms with Gasteiger partial charge in [-0.05, 0) is 30.7 Å². The van der Waals surface area contributed by atoms with Crippen molar-refractivity contribution in [1.29, 1.82) is 0 Å². The molecule has 3 nitrogen and oxygen atoms in total. The van der Waals surface area contributed by atoms with E-state index in [9.17, 15) is 0 Å². The molecule has 0 amide bonds. The van der Waals surface area contributed by atoms with Gasteiger partial charge in [-0.25, -0.2) is 4.98 Å². The molecule has 1 heterocycles. The van der Waals surface area contributed by atoms with E-state index in [1.807, 2.05) is 43.3 Å². The van der Waals surface area contributed by atoms with E-state index in [-0.39, 0.29) is 6.04 Å². The number of hydrogen-bond acceptors (Lipinski definition) is 3. The van der Waals surface area contributed by atoms with Gasteiger partial charge in [0.2, 0.25) is 5.88 Å². The first-order valence-electron chi connectivity index (χ1n) is 5.74. The van der Waals surface area contributed by atoms with E-state index in [0.717, 1.165) is 15.6 Å². The second kappa shape index (κ2) is 5.98. The molecule has 0 unspecified atom stereocenters. The molecule has 1 atom stereocenters. The van der Waals surface area contributed by atoms with Gasteiger partial charge in [0, 0.05) is 22.3 Å². The minimum Gasteiger partial charge on any atom is -0.473 e. The van der Waals surface area contributed by atoms with Crippen LogP contribution in [0.15, 0.2) is 47.1 Å². The molecule has 1 aromatic heterocycles. The second-order valence-corrected chi connectivity index (χ2v) is 5.02. The van der Waals surface area contributed by atoms with Crippen molar-refractivity contribution < 1.29 is 4.74 Å². The Hall–Kier alpha value is -1.39. The minimum absolute atomic E-state index is 0.0846. The van der Waals surface area contributed by atoms with Gasteiger partial charge in [0.25, 0.3) is 0 Å². The molecule has 18 heavy (non-hydrogen) atoms. The number of hydrogen-bond donors (Lipinski definition) is 1. The first-order chi connectivity index (χ1) is 8.66. The minimum atomic E-state index is -0.0846. The van der Waals surface area contributed by atoms with Crippen LogP contribution < -0.4 is 10.5 Å². The third kappa shape index (κ3) is 3.31. The van der Waals surface area contributed by atoms with Crippen LogP contribution in [-0.2, 0) is 6.61 Å². The molecule has 0 saturated carbocycles. The molecule has 0 aliphatic heterocycles. The Morgan fingerprint density at radius 3 is 2.67 bits per heavy atom. The fraction of sp³-hybridized carbons (Fsp3) is 0.214. The predicted molar refractivity (Wildman–Crippen MR) is 75.3 cm³/mol. The van der Waals surface area contributed by atoms with Crippen LogP contribution in [0.4, 0.5) is 0 Å². The molecule has 1 aromatic carbocycles. The quantitative estimate of drug-likeness (QED) is 0.941. The zero-order valence-electron chi connectivity index (χ0n) is 10.1. The lowest BCUT2D eigenvalue weighted by Crippen LogP contribution is -2.09. The normalized spacial score (nSPS) is 12.2. The first-order valence-corrected chi connectivity index (χ1v) is 6.54. The first kappa shape index (κ1) is 13.1. The number of halogens is 1. The molecular weight excluding hydrogens is 292 g/mol. The summed E-state index contributed by atoms with van der Waals surface area (Å²) in [5.41, 5.74) is 7.90. The zero-order valence-corrected chi connectivity index (χ0v) is 11.7. The van der Waals surface area contributed by atoms with Gasteiger partial charge in [-0.2, -0.15) is 0 Å². The molecule has 0 spiro atoms. The van der Waals surface area contributed by atoms with Crippen LogP contribution in [0.25, 0.3) is 0 Å². The summed E-state index contributed by atoms with van der Waals surface area (Å²) in [6.07, 6.45) is 1.71. The molecule has 0 aliphatic carbocycles. The Labute approximate surface area is 115 Å². The molecule has 0 aliphatic rings. The lowest BCUT2D eigenvalue weighted by Gasteiger charge is -2.12. The van der Waals surface area contributed by atoms with E-state index >= 15 is 0 Å². The van der Waals surface area contributed by atoms with Crippen LogP contribution in [0.5, 0.6) is 5.88 Å². The Kier molecular flexibility index (Phi) is 4.33. The SMILES string of the molecule is C[C@@H](N)c1cccnc1OCc1ccc(Br)cc1. The standard InChI is InChI=1S/C14H15BrN2O/c1-10(16)13-3-2-8-17-14(13)18-9-11-4-6-12(15)7-5-11/h2-8,10H,9,16H2,1H3/t10-/m1/s1. The van der Waals surface area contributed by atoms with Crippen LogP contribution in [-0.4, -0.2) is 4.98 Å². The fourth-order valence-electron chi connectivity index (χ4n) is 1.60. The van der Waals surface area contributed by atoms with Gasteiger partial charge in [0.15, 0.2) is 0 Å². The lowest BCUT2D eigenvalue weighted by atomic mass is 10.1. The summed E-state index contributed by atoms with van der Waals surface area (Å²) in [4.78, 5) is 4.22. The Morgan fingerprint density at radius 1 is 1.28 bits per heavy atom. The highest BCUT2D eigenvalue weighted by molar-refractivity contribution is 9.10. The lowest BCUT2D eigenvalue weighted by molar-refractivity contribution is 0.289. The van der Waals surface area contributed by atoms with Crippen molar-refractivity contribution in [3.05, 3.63) is 58.2 Å². The Bertz CT molecular complexity index is 511. The maximum Gasteiger partial charge on any atom is 0.218 e. The van der Waals surface area contributed by atoms with E-state index in [2.05, 4.69) is 20.9 Å². The maximum atomic E-state index is 5.88. The molecule has 0 fully saturated rings. The van der Waals surface area contributed by atoms with Crippen LogP contribution >= 0.6 is 15.9 Å². The van der Waals surface area contributed by atoms with Crippen molar-refractivity contribution in [3.63, 3.8) is 0 Å². The van der Waals surface area contributed by atoms with E-state index in [1.165, 1.54) is 0 Å². The third-order valence-corrected chi connectivity index (χ3v) is 3.11. The van der Waals surface area contributed by atoms with Crippen molar-refractivity contribution >= 4 is 15.9 Å². The van der Waals surface area contributed by atoms with Gasteiger partial charge in [-0.3, -0.25) is 0 Å². The van der Waals surface area contributed by atoms with E-state index in [4.69, 9.17) is 10.5 Å². The van der Waals surface area contributed by atoms with Gasteiger partial charge in [0.05, 0.1) is 0 Å². The van der Waals surface area contributed by atoms with Crippen molar-refractivity contribution in [2.24, 2.45) is 5.73 Å². The Morgan fingerprint density at radius 2 is 2.00 bits per heavy atom. The summed E-state index contributed by atoms with van der Waals surface area (Å²) in [6, 6.07) is 11.7. The van der Waals surface area contributed by atoms with Gasteiger partial charge in [-0.15, -0.1) is 0 Å². The number of rotatable bonds is 4.